The summed E-state index contributed by atoms with van der Waals surface area (Å²) in [5.41, 5.74) is -0.945. The first-order chi connectivity index (χ1) is 10.6. The topological polar surface area (TPSA) is 71.9 Å². The predicted molar refractivity (Wildman–Crippen MR) is 88.3 cm³/mol. The lowest BCUT2D eigenvalue weighted by Crippen LogP contribution is -2.34. The first-order valence-electron chi connectivity index (χ1n) is 6.57. The number of benzene rings is 2. The van der Waals surface area contributed by atoms with Gasteiger partial charge in [-0.15, -0.1) is 0 Å². The molecule has 0 aliphatic heterocycles. The van der Waals surface area contributed by atoms with Crippen LogP contribution in [0.15, 0.2) is 67.4 Å². The van der Waals surface area contributed by atoms with Gasteiger partial charge in [0, 0.05) is 4.47 Å². The number of hydrogen-bond donors (Lipinski definition) is 1. The van der Waals surface area contributed by atoms with E-state index in [9.17, 15) is 14.4 Å². The van der Waals surface area contributed by atoms with Crippen molar-refractivity contribution in [2.24, 2.45) is 0 Å². The Labute approximate surface area is 133 Å². The molecule has 0 amide bonds. The van der Waals surface area contributed by atoms with Gasteiger partial charge in [-0.25, -0.2) is 0 Å². The number of aromatic amines is 1. The molecule has 0 atom stereocenters. The molecule has 22 heavy (non-hydrogen) atoms. The SMILES string of the molecule is O=c1[nH]c(=O)c2ccccc2n(Cc2ccc(Br)cc2)c1=O. The van der Waals surface area contributed by atoms with Crippen LogP contribution in [0.2, 0.25) is 0 Å². The highest BCUT2D eigenvalue weighted by molar-refractivity contribution is 9.10. The highest BCUT2D eigenvalue weighted by atomic mass is 79.9. The molecule has 6 heteroatoms. The molecule has 1 N–H and O–H groups in total. The fraction of sp³-hybridized carbons (Fsp3) is 0.0625. The molecule has 0 fully saturated rings. The number of aromatic nitrogens is 2. The molecule has 2 aromatic carbocycles. The third-order valence-corrected chi connectivity index (χ3v) is 3.89. The van der Waals surface area contributed by atoms with E-state index in [4.69, 9.17) is 0 Å². The van der Waals surface area contributed by atoms with E-state index in [0.717, 1.165) is 10.0 Å². The van der Waals surface area contributed by atoms with Crippen molar-refractivity contribution in [2.45, 2.75) is 6.54 Å². The minimum absolute atomic E-state index is 0.212. The molecule has 0 radical (unpaired) electrons. The van der Waals surface area contributed by atoms with Gasteiger partial charge in [0.15, 0.2) is 0 Å². The number of H-pyrrole nitrogens is 1. The fourth-order valence-corrected chi connectivity index (χ4v) is 2.55. The normalized spacial score (nSPS) is 10.8. The number of para-hydroxylation sites is 1. The molecule has 1 aromatic heterocycles. The average Bonchev–Trinajstić information content (AvgIpc) is 2.61. The zero-order valence-electron chi connectivity index (χ0n) is 11.4. The molecule has 0 bridgehead atoms. The number of hydrogen-bond acceptors (Lipinski definition) is 3. The van der Waals surface area contributed by atoms with Gasteiger partial charge in [-0.1, -0.05) is 40.2 Å². The lowest BCUT2D eigenvalue weighted by atomic mass is 10.2. The lowest BCUT2D eigenvalue weighted by Gasteiger charge is -2.06. The van der Waals surface area contributed by atoms with E-state index in [-0.39, 0.29) is 6.54 Å². The third-order valence-electron chi connectivity index (χ3n) is 3.36. The molecule has 0 saturated carbocycles. The Hall–Kier alpha value is -2.47. The number of nitrogens with one attached hydrogen (secondary N) is 1. The zero-order chi connectivity index (χ0) is 15.7. The largest absolute Gasteiger partial charge is 0.317 e. The van der Waals surface area contributed by atoms with Crippen molar-refractivity contribution in [3.8, 4) is 0 Å². The Morgan fingerprint density at radius 3 is 2.32 bits per heavy atom. The highest BCUT2D eigenvalue weighted by Crippen LogP contribution is 2.13. The standard InChI is InChI=1S/C16H11BrN2O3/c17-11-7-5-10(6-8-11)9-19-13-4-2-1-3-12(13)14(20)18-15(21)16(19)22/h1-8H,9H2,(H,18,20,21). The van der Waals surface area contributed by atoms with Crippen LogP contribution in [0.25, 0.3) is 10.9 Å². The maximum atomic E-state index is 12.3. The van der Waals surface area contributed by atoms with Gasteiger partial charge < -0.3 is 0 Å². The van der Waals surface area contributed by atoms with E-state index in [1.807, 2.05) is 24.3 Å². The second-order valence-electron chi connectivity index (χ2n) is 4.82. The highest BCUT2D eigenvalue weighted by Gasteiger charge is 2.08. The molecular formula is C16H11BrN2O3. The summed E-state index contributed by atoms with van der Waals surface area (Å²) in [6, 6.07) is 14.1. The Morgan fingerprint density at radius 1 is 0.909 bits per heavy atom. The number of rotatable bonds is 2. The Morgan fingerprint density at radius 2 is 1.59 bits per heavy atom. The molecule has 0 aliphatic carbocycles. The van der Waals surface area contributed by atoms with Crippen LogP contribution in [-0.4, -0.2) is 9.55 Å². The van der Waals surface area contributed by atoms with E-state index >= 15 is 0 Å². The Balaban J connectivity index is 2.33. The molecule has 1 heterocycles. The van der Waals surface area contributed by atoms with Crippen LogP contribution in [-0.2, 0) is 6.54 Å². The quantitative estimate of drug-likeness (QED) is 0.710. The van der Waals surface area contributed by atoms with Crippen molar-refractivity contribution in [1.29, 1.82) is 0 Å². The molecule has 0 aliphatic rings. The van der Waals surface area contributed by atoms with Crippen LogP contribution in [0.3, 0.4) is 0 Å². The van der Waals surface area contributed by atoms with Crippen LogP contribution in [0.4, 0.5) is 0 Å². The van der Waals surface area contributed by atoms with E-state index in [1.54, 1.807) is 24.3 Å². The minimum atomic E-state index is -0.918. The first kappa shape index (κ1) is 14.5. The van der Waals surface area contributed by atoms with Gasteiger partial charge in [0.25, 0.3) is 5.56 Å². The van der Waals surface area contributed by atoms with Crippen molar-refractivity contribution in [1.82, 2.24) is 9.55 Å². The smallest absolute Gasteiger partial charge is 0.299 e. The van der Waals surface area contributed by atoms with E-state index < -0.39 is 16.7 Å². The van der Waals surface area contributed by atoms with Crippen molar-refractivity contribution in [2.75, 3.05) is 0 Å². The molecule has 0 unspecified atom stereocenters. The van der Waals surface area contributed by atoms with Gasteiger partial charge in [-0.05, 0) is 29.8 Å². The molecule has 0 spiro atoms. The fourth-order valence-electron chi connectivity index (χ4n) is 2.29. The maximum absolute atomic E-state index is 12.3. The number of nitrogens with zero attached hydrogens (tertiary/aromatic N) is 1. The van der Waals surface area contributed by atoms with Crippen LogP contribution in [0.5, 0.6) is 0 Å². The summed E-state index contributed by atoms with van der Waals surface area (Å²) in [7, 11) is 0. The first-order valence-corrected chi connectivity index (χ1v) is 7.36. The summed E-state index contributed by atoms with van der Waals surface area (Å²) >= 11 is 3.35. The van der Waals surface area contributed by atoms with Gasteiger partial charge in [-0.2, -0.15) is 0 Å². The summed E-state index contributed by atoms with van der Waals surface area (Å²) in [6.07, 6.45) is 0. The second-order valence-corrected chi connectivity index (χ2v) is 5.73. The lowest BCUT2D eigenvalue weighted by molar-refractivity contribution is 0.787. The van der Waals surface area contributed by atoms with Gasteiger partial charge >= 0.3 is 11.1 Å². The van der Waals surface area contributed by atoms with Crippen molar-refractivity contribution >= 4 is 26.8 Å². The van der Waals surface area contributed by atoms with Crippen molar-refractivity contribution < 1.29 is 0 Å². The summed E-state index contributed by atoms with van der Waals surface area (Å²) < 4.78 is 2.24. The van der Waals surface area contributed by atoms with Crippen LogP contribution >= 0.6 is 15.9 Å². The van der Waals surface area contributed by atoms with Crippen molar-refractivity contribution in [3.63, 3.8) is 0 Å². The number of halogens is 1. The van der Waals surface area contributed by atoms with Crippen LogP contribution in [0.1, 0.15) is 5.56 Å². The Bertz CT molecular complexity index is 1020. The monoisotopic (exact) mass is 358 g/mol. The summed E-state index contributed by atoms with van der Waals surface area (Å²) in [5, 5.41) is 0.304. The Kier molecular flexibility index (Phi) is 3.77. The molecule has 110 valence electrons. The van der Waals surface area contributed by atoms with Gasteiger partial charge in [0.2, 0.25) is 0 Å². The van der Waals surface area contributed by atoms with E-state index in [2.05, 4.69) is 20.9 Å². The maximum Gasteiger partial charge on any atom is 0.317 e. The molecule has 0 saturated heterocycles. The molecular weight excluding hydrogens is 348 g/mol. The molecule has 5 nitrogen and oxygen atoms in total. The van der Waals surface area contributed by atoms with Gasteiger partial charge in [0.05, 0.1) is 17.4 Å². The van der Waals surface area contributed by atoms with Crippen LogP contribution < -0.4 is 16.7 Å². The van der Waals surface area contributed by atoms with E-state index in [1.165, 1.54) is 4.57 Å². The van der Waals surface area contributed by atoms with E-state index in [0.29, 0.717) is 10.9 Å². The molecule has 3 rings (SSSR count). The summed E-state index contributed by atoms with van der Waals surface area (Å²) in [5.74, 6) is 0. The van der Waals surface area contributed by atoms with Crippen molar-refractivity contribution in [3.05, 3.63) is 89.6 Å². The minimum Gasteiger partial charge on any atom is -0.299 e. The summed E-state index contributed by atoms with van der Waals surface area (Å²) in [4.78, 5) is 38.2. The predicted octanol–water partition coefficient (Wildman–Crippen LogP) is 1.86. The van der Waals surface area contributed by atoms with Crippen LogP contribution in [0, 0.1) is 0 Å². The summed E-state index contributed by atoms with van der Waals surface area (Å²) in [6.45, 7) is 0.212. The molecule has 3 aromatic rings. The van der Waals surface area contributed by atoms with Gasteiger partial charge in [-0.3, -0.25) is 23.9 Å². The van der Waals surface area contributed by atoms with Gasteiger partial charge in [0.1, 0.15) is 0 Å². The third kappa shape index (κ3) is 2.65. The average molecular weight is 359 g/mol. The number of fused-ring (bicyclic) bond motifs is 1. The zero-order valence-corrected chi connectivity index (χ0v) is 13.0. The second kappa shape index (κ2) is 5.73.